The van der Waals surface area contributed by atoms with E-state index in [0.29, 0.717) is 13.2 Å². The minimum Gasteiger partial charge on any atom is -0.489 e. The number of nitrogens with zero attached hydrogens (tertiary/aromatic N) is 4. The van der Waals surface area contributed by atoms with Gasteiger partial charge in [-0.25, -0.2) is 14.7 Å². The van der Waals surface area contributed by atoms with E-state index in [9.17, 15) is 0 Å². The fraction of sp³-hybridized carbons (Fsp3) is 0.450. The van der Waals surface area contributed by atoms with Gasteiger partial charge >= 0.3 is 0 Å². The number of para-hydroxylation sites is 1. The van der Waals surface area contributed by atoms with Crippen molar-refractivity contribution in [3.63, 3.8) is 0 Å². The Balaban J connectivity index is 1.74. The van der Waals surface area contributed by atoms with Crippen LogP contribution in [-0.2, 0) is 13.1 Å². The molecule has 0 radical (unpaired) electrons. The molecule has 0 fully saturated rings. The lowest BCUT2D eigenvalue weighted by atomic mass is 10.1. The van der Waals surface area contributed by atoms with E-state index in [0.717, 1.165) is 54.9 Å². The topological polar surface area (TPSA) is 76.4 Å². The van der Waals surface area contributed by atoms with E-state index >= 15 is 0 Å². The van der Waals surface area contributed by atoms with E-state index in [2.05, 4.69) is 34.2 Å². The monoisotopic (exact) mass is 368 g/mol. The Kier molecular flexibility index (Phi) is 6.46. The highest BCUT2D eigenvalue weighted by Gasteiger charge is 2.24. The molecule has 0 saturated carbocycles. The Labute approximate surface area is 160 Å². The molecule has 144 valence electrons. The van der Waals surface area contributed by atoms with E-state index in [1.165, 1.54) is 0 Å². The first-order chi connectivity index (χ1) is 13.2. The quantitative estimate of drug-likeness (QED) is 0.446. The zero-order valence-corrected chi connectivity index (χ0v) is 16.1. The van der Waals surface area contributed by atoms with Crippen LogP contribution in [-0.4, -0.2) is 33.9 Å². The van der Waals surface area contributed by atoms with Crippen LogP contribution in [0.3, 0.4) is 0 Å². The van der Waals surface area contributed by atoms with E-state index in [1.807, 2.05) is 35.9 Å². The van der Waals surface area contributed by atoms with Crippen molar-refractivity contribution in [3.05, 3.63) is 54.1 Å². The summed E-state index contributed by atoms with van der Waals surface area (Å²) in [4.78, 5) is 9.35. The summed E-state index contributed by atoms with van der Waals surface area (Å²) in [5.41, 5.74) is 1.04. The summed E-state index contributed by atoms with van der Waals surface area (Å²) >= 11 is 0. The van der Waals surface area contributed by atoms with Gasteiger partial charge in [-0.2, -0.15) is 5.10 Å². The van der Waals surface area contributed by atoms with Gasteiger partial charge in [-0.3, -0.25) is 0 Å². The minimum absolute atomic E-state index is 0.116. The van der Waals surface area contributed by atoms with Gasteiger partial charge in [0.1, 0.15) is 24.0 Å². The molecular weight excluding hydrogens is 340 g/mol. The number of hydrogen-bond acceptors (Lipinski definition) is 4. The maximum Gasteiger partial charge on any atom is 0.192 e. The highest BCUT2D eigenvalue weighted by molar-refractivity contribution is 5.80. The molecule has 1 aliphatic rings. The van der Waals surface area contributed by atoms with Crippen LogP contribution < -0.4 is 15.4 Å². The van der Waals surface area contributed by atoms with Crippen LogP contribution in [0.5, 0.6) is 5.75 Å². The molecule has 1 aromatic heterocycles. The highest BCUT2D eigenvalue weighted by Crippen LogP contribution is 2.23. The lowest BCUT2D eigenvalue weighted by Crippen LogP contribution is -2.41. The number of guanidine groups is 1. The largest absolute Gasteiger partial charge is 0.489 e. The fourth-order valence-corrected chi connectivity index (χ4v) is 3.18. The van der Waals surface area contributed by atoms with Crippen molar-refractivity contribution in [3.8, 4) is 5.75 Å². The van der Waals surface area contributed by atoms with Crippen LogP contribution in [0.2, 0.25) is 0 Å². The number of fused-ring (bicyclic) bond motifs is 1. The zero-order valence-electron chi connectivity index (χ0n) is 16.1. The average Bonchev–Trinajstić information content (AvgIpc) is 3.06. The van der Waals surface area contributed by atoms with Crippen molar-refractivity contribution < 1.29 is 4.74 Å². The summed E-state index contributed by atoms with van der Waals surface area (Å²) in [6.07, 6.45) is 3.83. The summed E-state index contributed by atoms with van der Waals surface area (Å²) in [6.45, 7) is 10.4. The molecule has 1 atom stereocenters. The third-order valence-electron chi connectivity index (χ3n) is 4.37. The number of benzene rings is 1. The van der Waals surface area contributed by atoms with Gasteiger partial charge in [-0.1, -0.05) is 30.9 Å². The van der Waals surface area contributed by atoms with Gasteiger partial charge in [0.2, 0.25) is 0 Å². The van der Waals surface area contributed by atoms with E-state index in [1.54, 1.807) is 6.08 Å². The van der Waals surface area contributed by atoms with Gasteiger partial charge in [0.05, 0.1) is 12.6 Å². The molecular formula is C20H28N6O. The SMILES string of the molecule is C=CCOc1ccccc1CN=C(NCC)NC1CCCn2nc(C)nc21. The summed E-state index contributed by atoms with van der Waals surface area (Å²) in [5, 5.41) is 11.3. The lowest BCUT2D eigenvalue weighted by molar-refractivity contribution is 0.359. The van der Waals surface area contributed by atoms with Gasteiger partial charge in [-0.15, -0.1) is 0 Å². The van der Waals surface area contributed by atoms with Gasteiger partial charge in [0.15, 0.2) is 5.96 Å². The molecule has 0 saturated heterocycles. The van der Waals surface area contributed by atoms with Crippen LogP contribution in [0.25, 0.3) is 0 Å². The molecule has 1 aliphatic heterocycles. The van der Waals surface area contributed by atoms with Crippen molar-refractivity contribution in [2.75, 3.05) is 13.2 Å². The van der Waals surface area contributed by atoms with Crippen LogP contribution in [0, 0.1) is 6.92 Å². The molecule has 2 aromatic rings. The predicted molar refractivity (Wildman–Crippen MR) is 107 cm³/mol. The number of ether oxygens (including phenoxy) is 1. The van der Waals surface area contributed by atoms with Crippen molar-refractivity contribution in [1.82, 2.24) is 25.4 Å². The van der Waals surface area contributed by atoms with Gasteiger partial charge < -0.3 is 15.4 Å². The third-order valence-corrected chi connectivity index (χ3v) is 4.37. The molecule has 3 rings (SSSR count). The molecule has 7 heteroatoms. The predicted octanol–water partition coefficient (Wildman–Crippen LogP) is 2.74. The summed E-state index contributed by atoms with van der Waals surface area (Å²) in [6, 6.07) is 8.07. The maximum absolute atomic E-state index is 5.73. The van der Waals surface area contributed by atoms with Crippen molar-refractivity contribution >= 4 is 5.96 Å². The number of rotatable bonds is 7. The van der Waals surface area contributed by atoms with Crippen molar-refractivity contribution in [2.45, 2.75) is 45.8 Å². The van der Waals surface area contributed by atoms with E-state index < -0.39 is 0 Å². The Hall–Kier alpha value is -2.83. The van der Waals surface area contributed by atoms with Crippen LogP contribution >= 0.6 is 0 Å². The molecule has 2 heterocycles. The molecule has 27 heavy (non-hydrogen) atoms. The lowest BCUT2D eigenvalue weighted by Gasteiger charge is -2.25. The van der Waals surface area contributed by atoms with E-state index in [-0.39, 0.29) is 6.04 Å². The summed E-state index contributed by atoms with van der Waals surface area (Å²) in [5.74, 6) is 3.41. The Bertz CT molecular complexity index is 798. The number of nitrogens with one attached hydrogen (secondary N) is 2. The molecule has 1 unspecified atom stereocenters. The molecule has 7 nitrogen and oxygen atoms in total. The highest BCUT2D eigenvalue weighted by atomic mass is 16.5. The molecule has 0 amide bonds. The zero-order chi connectivity index (χ0) is 19.1. The van der Waals surface area contributed by atoms with Crippen LogP contribution in [0.15, 0.2) is 41.9 Å². The van der Waals surface area contributed by atoms with Gasteiger partial charge in [-0.05, 0) is 32.8 Å². The Morgan fingerprint density at radius 2 is 2.30 bits per heavy atom. The molecule has 0 bridgehead atoms. The summed E-state index contributed by atoms with van der Waals surface area (Å²) < 4.78 is 7.73. The standard InChI is InChI=1S/C20H28N6O/c1-4-13-27-18-11-7-6-9-16(18)14-22-20(21-5-2)24-17-10-8-12-26-19(17)23-15(3)25-26/h4,6-7,9,11,17H,1,5,8,10,12-14H2,2-3H3,(H2,21,22,24). The minimum atomic E-state index is 0.116. The smallest absolute Gasteiger partial charge is 0.192 e. The first kappa shape index (κ1) is 18.9. The molecule has 0 spiro atoms. The van der Waals surface area contributed by atoms with Crippen LogP contribution in [0.1, 0.15) is 43.0 Å². The number of aryl methyl sites for hydroxylation is 2. The maximum atomic E-state index is 5.73. The number of hydrogen-bond donors (Lipinski definition) is 2. The molecule has 2 N–H and O–H groups in total. The second kappa shape index (κ2) is 9.21. The molecule has 1 aromatic carbocycles. The first-order valence-electron chi connectivity index (χ1n) is 9.49. The summed E-state index contributed by atoms with van der Waals surface area (Å²) in [7, 11) is 0. The molecule has 0 aliphatic carbocycles. The average molecular weight is 368 g/mol. The number of aliphatic imine (C=N–C) groups is 1. The second-order valence-corrected chi connectivity index (χ2v) is 6.48. The van der Waals surface area contributed by atoms with Crippen molar-refractivity contribution in [1.29, 1.82) is 0 Å². The fourth-order valence-electron chi connectivity index (χ4n) is 3.18. The number of aromatic nitrogens is 3. The van der Waals surface area contributed by atoms with Crippen LogP contribution in [0.4, 0.5) is 0 Å². The Morgan fingerprint density at radius 3 is 3.11 bits per heavy atom. The van der Waals surface area contributed by atoms with E-state index in [4.69, 9.17) is 9.73 Å². The van der Waals surface area contributed by atoms with Gasteiger partial charge in [0.25, 0.3) is 0 Å². The first-order valence-corrected chi connectivity index (χ1v) is 9.49. The van der Waals surface area contributed by atoms with Crippen molar-refractivity contribution in [2.24, 2.45) is 4.99 Å². The second-order valence-electron chi connectivity index (χ2n) is 6.48. The normalized spacial score (nSPS) is 16.5. The van der Waals surface area contributed by atoms with Gasteiger partial charge in [0, 0.05) is 18.7 Å². The Morgan fingerprint density at radius 1 is 1.44 bits per heavy atom. The third kappa shape index (κ3) is 4.87.